The summed E-state index contributed by atoms with van der Waals surface area (Å²) in [6.07, 6.45) is 4.34. The predicted molar refractivity (Wildman–Crippen MR) is 160 cm³/mol. The number of hydrogen-bond acceptors (Lipinski definition) is 3. The van der Waals surface area contributed by atoms with Crippen LogP contribution in [0.15, 0.2) is 103 Å². The molecule has 0 spiro atoms. The number of aryl methyl sites for hydroxylation is 1. The van der Waals surface area contributed by atoms with Crippen molar-refractivity contribution in [2.24, 2.45) is 0 Å². The lowest BCUT2D eigenvalue weighted by Crippen LogP contribution is -2.32. The number of nitrogens with one attached hydrogen (secondary N) is 1. The topological polar surface area (TPSA) is 45.2 Å². The minimum Gasteiger partial charge on any atom is -0.322 e. The van der Waals surface area contributed by atoms with Gasteiger partial charge in [-0.25, -0.2) is 4.39 Å². The van der Waals surface area contributed by atoms with Crippen molar-refractivity contribution in [2.45, 2.75) is 32.2 Å². The van der Waals surface area contributed by atoms with Gasteiger partial charge in [-0.15, -0.1) is 0 Å². The lowest BCUT2D eigenvalue weighted by Gasteiger charge is -2.32. The third-order valence-electron chi connectivity index (χ3n) is 8.00. The van der Waals surface area contributed by atoms with Gasteiger partial charge < -0.3 is 5.32 Å². The summed E-state index contributed by atoms with van der Waals surface area (Å²) < 4.78 is 13.2. The highest BCUT2D eigenvalue weighted by atomic mass is 19.1. The molecule has 4 nitrogen and oxygen atoms in total. The zero-order valence-electron chi connectivity index (χ0n) is 22.6. The number of nitrogens with zero attached hydrogens (tertiary/aromatic N) is 2. The number of rotatable bonds is 6. The number of anilines is 1. The Labute approximate surface area is 234 Å². The Morgan fingerprint density at radius 2 is 1.57 bits per heavy atom. The second-order valence-corrected chi connectivity index (χ2v) is 10.7. The zero-order valence-corrected chi connectivity index (χ0v) is 22.6. The van der Waals surface area contributed by atoms with E-state index in [0.29, 0.717) is 11.5 Å². The number of carbonyl (C=O) groups is 1. The van der Waals surface area contributed by atoms with E-state index in [1.165, 1.54) is 36.1 Å². The molecule has 40 heavy (non-hydrogen) atoms. The molecular formula is C35H32FN3O. The molecule has 5 aromatic rings. The normalized spacial score (nSPS) is 14.3. The average Bonchev–Trinajstić information content (AvgIpc) is 3.00. The van der Waals surface area contributed by atoms with Gasteiger partial charge in [-0.1, -0.05) is 60.7 Å². The number of hydrogen-bond donors (Lipinski definition) is 1. The first kappa shape index (κ1) is 25.9. The van der Waals surface area contributed by atoms with Gasteiger partial charge in [0.15, 0.2) is 0 Å². The molecule has 1 N–H and O–H groups in total. The molecule has 1 aliphatic rings. The summed E-state index contributed by atoms with van der Waals surface area (Å²) in [6, 6.07) is 30.7. The molecule has 6 rings (SSSR count). The Kier molecular flexibility index (Phi) is 7.39. The maximum Gasteiger partial charge on any atom is 0.255 e. The minimum absolute atomic E-state index is 0.177. The molecule has 1 saturated heterocycles. The molecule has 0 aliphatic carbocycles. The molecule has 5 heteroatoms. The Morgan fingerprint density at radius 1 is 0.900 bits per heavy atom. The third-order valence-corrected chi connectivity index (χ3v) is 8.00. The van der Waals surface area contributed by atoms with E-state index in [2.05, 4.69) is 46.6 Å². The lowest BCUT2D eigenvalue weighted by atomic mass is 9.89. The van der Waals surface area contributed by atoms with Gasteiger partial charge in [-0.3, -0.25) is 14.7 Å². The fraction of sp³-hybridized carbons (Fsp3) is 0.200. The molecule has 0 saturated carbocycles. The summed E-state index contributed by atoms with van der Waals surface area (Å²) in [4.78, 5) is 20.3. The van der Waals surface area contributed by atoms with Crippen LogP contribution in [-0.4, -0.2) is 28.9 Å². The van der Waals surface area contributed by atoms with Crippen molar-refractivity contribution in [1.82, 2.24) is 9.88 Å². The summed E-state index contributed by atoms with van der Waals surface area (Å²) >= 11 is 0. The van der Waals surface area contributed by atoms with Gasteiger partial charge in [0, 0.05) is 29.4 Å². The number of fused-ring (bicyclic) bond motifs is 1. The Balaban J connectivity index is 1.10. The number of carbonyl (C=O) groups excluding carboxylic acids is 1. The molecule has 2 heterocycles. The van der Waals surface area contributed by atoms with E-state index in [9.17, 15) is 9.18 Å². The van der Waals surface area contributed by atoms with Crippen molar-refractivity contribution in [2.75, 3.05) is 18.4 Å². The quantitative estimate of drug-likeness (QED) is 0.243. The number of aromatic nitrogens is 1. The summed E-state index contributed by atoms with van der Waals surface area (Å²) in [5.74, 6) is 0.204. The number of benzene rings is 4. The minimum atomic E-state index is -0.268. The van der Waals surface area contributed by atoms with Crippen molar-refractivity contribution in [3.8, 4) is 11.1 Å². The van der Waals surface area contributed by atoms with Gasteiger partial charge in [0.2, 0.25) is 0 Å². The van der Waals surface area contributed by atoms with E-state index in [4.69, 9.17) is 4.98 Å². The summed E-state index contributed by atoms with van der Waals surface area (Å²) in [7, 11) is 0. The number of pyridine rings is 1. The maximum atomic E-state index is 13.2. The largest absolute Gasteiger partial charge is 0.322 e. The van der Waals surface area contributed by atoms with E-state index < -0.39 is 0 Å². The second-order valence-electron chi connectivity index (χ2n) is 10.7. The van der Waals surface area contributed by atoms with Crippen LogP contribution >= 0.6 is 0 Å². The van der Waals surface area contributed by atoms with Gasteiger partial charge >= 0.3 is 0 Å². The van der Waals surface area contributed by atoms with E-state index in [1.807, 2.05) is 37.4 Å². The lowest BCUT2D eigenvalue weighted by molar-refractivity contribution is 0.102. The summed E-state index contributed by atoms with van der Waals surface area (Å²) in [5, 5.41) is 4.13. The standard InChI is InChI=1S/C35H32FN3O/c1-24-33(38-35(40)30-9-7-27(8-10-30)28-11-14-32(36)15-12-28)16-13-31-21-25(22-37-34(24)31)23-39-19-17-29(18-20-39)26-5-3-2-4-6-26/h2-16,21-22,29H,17-20,23H2,1H3,(H,38,40). The van der Waals surface area contributed by atoms with Crippen LogP contribution in [0.5, 0.6) is 0 Å². The number of amides is 1. The van der Waals surface area contributed by atoms with Crippen LogP contribution in [0, 0.1) is 12.7 Å². The van der Waals surface area contributed by atoms with Gasteiger partial charge in [-0.2, -0.15) is 0 Å². The van der Waals surface area contributed by atoms with Crippen LogP contribution < -0.4 is 5.32 Å². The number of likely N-dealkylation sites (tertiary alicyclic amines) is 1. The van der Waals surface area contributed by atoms with Gasteiger partial charge in [0.05, 0.1) is 5.52 Å². The molecule has 200 valence electrons. The first-order valence-corrected chi connectivity index (χ1v) is 13.9. The first-order chi connectivity index (χ1) is 19.5. The van der Waals surface area contributed by atoms with Gasteiger partial charge in [0.25, 0.3) is 5.91 Å². The van der Waals surface area contributed by atoms with Crippen LogP contribution in [-0.2, 0) is 6.54 Å². The molecule has 1 aromatic heterocycles. The average molecular weight is 530 g/mol. The van der Waals surface area contributed by atoms with Crippen LogP contribution in [0.2, 0.25) is 0 Å². The molecular weight excluding hydrogens is 497 g/mol. The summed E-state index contributed by atoms with van der Waals surface area (Å²) in [6.45, 7) is 5.07. The maximum absolute atomic E-state index is 13.2. The first-order valence-electron chi connectivity index (χ1n) is 13.9. The van der Waals surface area contributed by atoms with E-state index in [0.717, 1.165) is 52.9 Å². The molecule has 0 unspecified atom stereocenters. The fourth-order valence-electron chi connectivity index (χ4n) is 5.67. The van der Waals surface area contributed by atoms with E-state index in [1.54, 1.807) is 24.3 Å². The highest BCUT2D eigenvalue weighted by molar-refractivity contribution is 6.06. The van der Waals surface area contributed by atoms with Crippen LogP contribution in [0.1, 0.15) is 45.8 Å². The molecule has 4 aromatic carbocycles. The monoisotopic (exact) mass is 529 g/mol. The Hall–Kier alpha value is -4.35. The Morgan fingerprint density at radius 3 is 2.27 bits per heavy atom. The van der Waals surface area contributed by atoms with Crippen LogP contribution in [0.3, 0.4) is 0 Å². The fourth-order valence-corrected chi connectivity index (χ4v) is 5.67. The van der Waals surface area contributed by atoms with Crippen molar-refractivity contribution in [3.63, 3.8) is 0 Å². The molecule has 1 aliphatic heterocycles. The van der Waals surface area contributed by atoms with Crippen LogP contribution in [0.25, 0.3) is 22.0 Å². The van der Waals surface area contributed by atoms with Gasteiger partial charge in [0.1, 0.15) is 5.82 Å². The van der Waals surface area contributed by atoms with E-state index >= 15 is 0 Å². The second kappa shape index (κ2) is 11.4. The van der Waals surface area contributed by atoms with Crippen molar-refractivity contribution in [3.05, 3.63) is 131 Å². The smallest absolute Gasteiger partial charge is 0.255 e. The summed E-state index contributed by atoms with van der Waals surface area (Å²) in [5.41, 5.74) is 7.66. The molecule has 0 atom stereocenters. The third kappa shape index (κ3) is 5.65. The molecule has 1 amide bonds. The Bertz CT molecular complexity index is 1620. The van der Waals surface area contributed by atoms with Crippen molar-refractivity contribution in [1.29, 1.82) is 0 Å². The zero-order chi connectivity index (χ0) is 27.5. The van der Waals surface area contributed by atoms with E-state index in [-0.39, 0.29) is 11.7 Å². The van der Waals surface area contributed by atoms with Gasteiger partial charge in [-0.05, 0) is 103 Å². The SMILES string of the molecule is Cc1c(NC(=O)c2ccc(-c3ccc(F)cc3)cc2)ccc2cc(CN3CCC(c4ccccc4)CC3)cnc12. The highest BCUT2D eigenvalue weighted by Crippen LogP contribution is 2.30. The molecule has 0 bridgehead atoms. The number of halogens is 1. The highest BCUT2D eigenvalue weighted by Gasteiger charge is 2.21. The van der Waals surface area contributed by atoms with Crippen molar-refractivity contribution >= 4 is 22.5 Å². The molecule has 0 radical (unpaired) electrons. The van der Waals surface area contributed by atoms with Crippen LogP contribution in [0.4, 0.5) is 10.1 Å². The van der Waals surface area contributed by atoms with Crippen molar-refractivity contribution < 1.29 is 9.18 Å². The predicted octanol–water partition coefficient (Wildman–Crippen LogP) is 7.98. The molecule has 1 fully saturated rings. The number of piperidine rings is 1.